The van der Waals surface area contributed by atoms with E-state index >= 15 is 0 Å². The molecule has 1 aromatic carbocycles. The molecule has 1 heterocycles. The molecule has 0 fully saturated rings. The summed E-state index contributed by atoms with van der Waals surface area (Å²) in [5, 5.41) is 22.9. The number of hydrazone groups is 1. The van der Waals surface area contributed by atoms with Crippen LogP contribution in [0, 0.1) is 18.3 Å². The lowest BCUT2D eigenvalue weighted by molar-refractivity contribution is 0.184. The number of hydrogen-bond acceptors (Lipinski definition) is 6. The molecule has 2 N–H and O–H groups in total. The van der Waals surface area contributed by atoms with Gasteiger partial charge in [-0.2, -0.15) is 10.4 Å². The quantitative estimate of drug-likeness (QED) is 0.618. The largest absolute Gasteiger partial charge is 0.507 e. The molecule has 7 heteroatoms. The molecule has 0 unspecified atom stereocenters. The maximum Gasteiger partial charge on any atom is 0.164 e. The molecule has 1 aromatic heterocycles. The van der Waals surface area contributed by atoms with Gasteiger partial charge >= 0.3 is 0 Å². The molecule has 2 rings (SSSR count). The van der Waals surface area contributed by atoms with Crippen LogP contribution in [-0.2, 0) is 11.3 Å². The highest BCUT2D eigenvalue weighted by molar-refractivity contribution is 9.10. The van der Waals surface area contributed by atoms with Crippen LogP contribution in [0.15, 0.2) is 33.8 Å². The number of aryl methyl sites for hydroxylation is 1. The summed E-state index contributed by atoms with van der Waals surface area (Å²) in [5.74, 6) is 0.542. The molecule has 0 saturated carbocycles. The first-order chi connectivity index (χ1) is 11.0. The Hall–Kier alpha value is -2.43. The molecule has 0 amide bonds. The van der Waals surface area contributed by atoms with E-state index in [0.717, 1.165) is 16.8 Å². The Bertz CT molecular complexity index is 784. The van der Waals surface area contributed by atoms with Crippen molar-refractivity contribution in [2.75, 3.05) is 12.5 Å². The number of nitrogens with zero attached hydrogens (tertiary/aromatic N) is 3. The Morgan fingerprint density at radius 3 is 2.91 bits per heavy atom. The maximum atomic E-state index is 9.46. The van der Waals surface area contributed by atoms with Gasteiger partial charge in [-0.1, -0.05) is 0 Å². The van der Waals surface area contributed by atoms with Gasteiger partial charge < -0.3 is 9.84 Å². The van der Waals surface area contributed by atoms with E-state index < -0.39 is 0 Å². The molecule has 23 heavy (non-hydrogen) atoms. The van der Waals surface area contributed by atoms with E-state index in [4.69, 9.17) is 4.74 Å². The van der Waals surface area contributed by atoms with Gasteiger partial charge in [0, 0.05) is 18.4 Å². The zero-order chi connectivity index (χ0) is 16.8. The van der Waals surface area contributed by atoms with Gasteiger partial charge in [0.15, 0.2) is 5.82 Å². The van der Waals surface area contributed by atoms with E-state index in [1.54, 1.807) is 31.5 Å². The molecule has 0 bridgehead atoms. The normalized spacial score (nSPS) is 10.7. The summed E-state index contributed by atoms with van der Waals surface area (Å²) in [6.07, 6.45) is 1.57. The Morgan fingerprint density at radius 2 is 2.26 bits per heavy atom. The number of aromatic hydroxyl groups is 1. The SMILES string of the molecule is COCc1cc(C)nc(N/N=C\c2ccc(O)c(Br)c2)c1C#N. The highest BCUT2D eigenvalue weighted by atomic mass is 79.9. The average molecular weight is 375 g/mol. The number of phenolic OH excluding ortho intramolecular Hbond substituents is 1. The van der Waals surface area contributed by atoms with Gasteiger partial charge in [0.05, 0.1) is 17.3 Å². The van der Waals surface area contributed by atoms with Gasteiger partial charge in [-0.25, -0.2) is 4.98 Å². The van der Waals surface area contributed by atoms with Crippen LogP contribution in [0.2, 0.25) is 0 Å². The number of ether oxygens (including phenoxy) is 1. The minimum atomic E-state index is 0.159. The van der Waals surface area contributed by atoms with Crippen molar-refractivity contribution in [1.82, 2.24) is 4.98 Å². The van der Waals surface area contributed by atoms with Crippen LogP contribution in [-0.4, -0.2) is 23.4 Å². The fourth-order valence-electron chi connectivity index (χ4n) is 1.99. The summed E-state index contributed by atoms with van der Waals surface area (Å²) in [5.41, 5.74) is 5.50. The average Bonchev–Trinajstić information content (AvgIpc) is 2.51. The molecule has 0 aliphatic heterocycles. The molecule has 0 atom stereocenters. The lowest BCUT2D eigenvalue weighted by Crippen LogP contribution is -2.03. The number of anilines is 1. The fourth-order valence-corrected chi connectivity index (χ4v) is 2.38. The predicted octanol–water partition coefficient (Wildman–Crippen LogP) is 3.32. The van der Waals surface area contributed by atoms with Gasteiger partial charge in [0.25, 0.3) is 0 Å². The van der Waals surface area contributed by atoms with Crippen LogP contribution in [0.4, 0.5) is 5.82 Å². The predicted molar refractivity (Wildman–Crippen MR) is 91.4 cm³/mol. The van der Waals surface area contributed by atoms with Gasteiger partial charge in [0.2, 0.25) is 0 Å². The van der Waals surface area contributed by atoms with Crippen LogP contribution < -0.4 is 5.43 Å². The molecule has 6 nitrogen and oxygen atoms in total. The zero-order valence-corrected chi connectivity index (χ0v) is 14.3. The third kappa shape index (κ3) is 4.28. The highest BCUT2D eigenvalue weighted by Gasteiger charge is 2.10. The Labute approximate surface area is 142 Å². The number of benzene rings is 1. The molecule has 0 saturated heterocycles. The number of nitriles is 1. The van der Waals surface area contributed by atoms with Crippen LogP contribution in [0.5, 0.6) is 5.75 Å². The molecule has 0 radical (unpaired) electrons. The number of pyridine rings is 1. The van der Waals surface area contributed by atoms with Crippen molar-refractivity contribution in [1.29, 1.82) is 5.26 Å². The number of nitrogens with one attached hydrogen (secondary N) is 1. The van der Waals surface area contributed by atoms with E-state index in [9.17, 15) is 10.4 Å². The molecular formula is C16H15BrN4O2. The van der Waals surface area contributed by atoms with Gasteiger partial charge in [-0.05, 0) is 52.7 Å². The number of aromatic nitrogens is 1. The minimum absolute atomic E-state index is 0.159. The van der Waals surface area contributed by atoms with E-state index in [1.165, 1.54) is 0 Å². The number of phenols is 1. The first kappa shape index (κ1) is 16.9. The van der Waals surface area contributed by atoms with Crippen molar-refractivity contribution >= 4 is 28.0 Å². The summed E-state index contributed by atoms with van der Waals surface area (Å²) in [6, 6.07) is 8.95. The molecule has 118 valence electrons. The molecule has 0 aliphatic rings. The lowest BCUT2D eigenvalue weighted by Gasteiger charge is -2.09. The topological polar surface area (TPSA) is 90.5 Å². The van der Waals surface area contributed by atoms with E-state index in [1.807, 2.05) is 13.0 Å². The first-order valence-electron chi connectivity index (χ1n) is 6.72. The Morgan fingerprint density at radius 1 is 1.48 bits per heavy atom. The number of methoxy groups -OCH3 is 1. The molecule has 0 spiro atoms. The first-order valence-corrected chi connectivity index (χ1v) is 7.51. The number of rotatable bonds is 5. The highest BCUT2D eigenvalue weighted by Crippen LogP contribution is 2.23. The van der Waals surface area contributed by atoms with Crippen LogP contribution in [0.25, 0.3) is 0 Å². The van der Waals surface area contributed by atoms with Crippen molar-refractivity contribution in [3.8, 4) is 11.8 Å². The lowest BCUT2D eigenvalue weighted by atomic mass is 10.1. The number of hydrogen-bond donors (Lipinski definition) is 2. The van der Waals surface area contributed by atoms with Crippen LogP contribution >= 0.6 is 15.9 Å². The maximum absolute atomic E-state index is 9.46. The molecule has 2 aromatic rings. The number of halogens is 1. The van der Waals surface area contributed by atoms with Crippen molar-refractivity contribution in [2.24, 2.45) is 5.10 Å². The monoisotopic (exact) mass is 374 g/mol. The third-order valence-corrected chi connectivity index (χ3v) is 3.63. The van der Waals surface area contributed by atoms with Crippen molar-refractivity contribution in [2.45, 2.75) is 13.5 Å². The molecule has 0 aliphatic carbocycles. The van der Waals surface area contributed by atoms with Crippen molar-refractivity contribution in [3.05, 3.63) is 51.1 Å². The Kier molecular flexibility index (Phi) is 5.68. The summed E-state index contributed by atoms with van der Waals surface area (Å²) in [7, 11) is 1.57. The van der Waals surface area contributed by atoms with Crippen LogP contribution in [0.1, 0.15) is 22.4 Å². The van der Waals surface area contributed by atoms with Gasteiger partial charge in [-0.15, -0.1) is 0 Å². The second-order valence-corrected chi connectivity index (χ2v) is 5.63. The van der Waals surface area contributed by atoms with Gasteiger partial charge in [-0.3, -0.25) is 5.43 Å². The fraction of sp³-hybridized carbons (Fsp3) is 0.188. The zero-order valence-electron chi connectivity index (χ0n) is 12.7. The standard InChI is InChI=1S/C16H15BrN4O2/c1-10-5-12(9-23-2)13(7-18)16(20-10)21-19-8-11-3-4-15(22)14(17)6-11/h3-6,8,22H,9H2,1-2H3,(H,20,21)/b19-8-. The minimum Gasteiger partial charge on any atom is -0.507 e. The second kappa shape index (κ2) is 7.72. The van der Waals surface area contributed by atoms with E-state index in [2.05, 4.69) is 37.5 Å². The second-order valence-electron chi connectivity index (χ2n) is 4.77. The van der Waals surface area contributed by atoms with Gasteiger partial charge in [0.1, 0.15) is 17.4 Å². The van der Waals surface area contributed by atoms with Crippen LogP contribution in [0.3, 0.4) is 0 Å². The summed E-state index contributed by atoms with van der Waals surface area (Å²) < 4.78 is 5.68. The van der Waals surface area contributed by atoms with Crippen molar-refractivity contribution < 1.29 is 9.84 Å². The van der Waals surface area contributed by atoms with E-state index in [0.29, 0.717) is 22.5 Å². The third-order valence-electron chi connectivity index (χ3n) is 3.00. The summed E-state index contributed by atoms with van der Waals surface area (Å²) >= 11 is 3.24. The smallest absolute Gasteiger partial charge is 0.164 e. The summed E-state index contributed by atoms with van der Waals surface area (Å²) in [4.78, 5) is 4.30. The Balaban J connectivity index is 2.24. The van der Waals surface area contributed by atoms with E-state index in [-0.39, 0.29) is 5.75 Å². The summed E-state index contributed by atoms with van der Waals surface area (Å²) in [6.45, 7) is 2.17. The molecular weight excluding hydrogens is 360 g/mol. The van der Waals surface area contributed by atoms with Crippen molar-refractivity contribution in [3.63, 3.8) is 0 Å².